The van der Waals surface area contributed by atoms with Crippen molar-refractivity contribution in [2.45, 2.75) is 19.3 Å². The maximum Gasteiger partial charge on any atom is 0.255 e. The van der Waals surface area contributed by atoms with Crippen LogP contribution in [0.25, 0.3) is 0 Å². The van der Waals surface area contributed by atoms with Crippen LogP contribution < -0.4 is 5.32 Å². The van der Waals surface area contributed by atoms with E-state index >= 15 is 0 Å². The molecule has 1 aliphatic rings. The van der Waals surface area contributed by atoms with Gasteiger partial charge in [-0.3, -0.25) is 4.79 Å². The summed E-state index contributed by atoms with van der Waals surface area (Å²) >= 11 is 0. The quantitative estimate of drug-likeness (QED) is 0.731. The molecule has 1 aromatic rings. The van der Waals surface area contributed by atoms with Gasteiger partial charge in [-0.05, 0) is 57.5 Å². The van der Waals surface area contributed by atoms with E-state index in [0.29, 0.717) is 12.5 Å². The molecule has 5 heteroatoms. The lowest BCUT2D eigenvalue weighted by Crippen LogP contribution is -2.32. The maximum absolute atomic E-state index is 11.9. The fraction of sp³-hybridized carbons (Fsp3) is 0.533. The molecular formula is C15H22N2O3. The Bertz CT molecular complexity index is 468. The van der Waals surface area contributed by atoms with Crippen LogP contribution in [0.5, 0.6) is 11.5 Å². The highest BCUT2D eigenvalue weighted by molar-refractivity contribution is 5.97. The zero-order valence-corrected chi connectivity index (χ0v) is 11.8. The molecule has 0 aliphatic carbocycles. The van der Waals surface area contributed by atoms with Gasteiger partial charge < -0.3 is 20.4 Å². The Morgan fingerprint density at radius 2 is 2.05 bits per heavy atom. The molecule has 1 saturated heterocycles. The van der Waals surface area contributed by atoms with Gasteiger partial charge in [0.15, 0.2) is 11.5 Å². The Kier molecular flexibility index (Phi) is 4.84. The minimum atomic E-state index is -0.357. The smallest absolute Gasteiger partial charge is 0.255 e. The minimum absolute atomic E-state index is 0.119. The summed E-state index contributed by atoms with van der Waals surface area (Å²) in [5.74, 6) is -0.312. The van der Waals surface area contributed by atoms with Crippen molar-refractivity contribution < 1.29 is 15.0 Å². The molecule has 1 heterocycles. The van der Waals surface area contributed by atoms with Gasteiger partial charge in [0.2, 0.25) is 0 Å². The number of likely N-dealkylation sites (tertiary alicyclic amines) is 1. The van der Waals surface area contributed by atoms with E-state index in [1.165, 1.54) is 25.0 Å². The summed E-state index contributed by atoms with van der Waals surface area (Å²) in [6, 6.07) is 4.39. The van der Waals surface area contributed by atoms with Crippen molar-refractivity contribution in [1.29, 1.82) is 0 Å². The van der Waals surface area contributed by atoms with Gasteiger partial charge in [-0.15, -0.1) is 0 Å². The first-order valence-electron chi connectivity index (χ1n) is 7.05. The Morgan fingerprint density at radius 3 is 2.75 bits per heavy atom. The molecule has 1 fully saturated rings. The van der Waals surface area contributed by atoms with E-state index in [-0.39, 0.29) is 23.0 Å². The highest BCUT2D eigenvalue weighted by atomic mass is 16.3. The number of carbonyl (C=O) groups is 1. The minimum Gasteiger partial charge on any atom is -0.504 e. The van der Waals surface area contributed by atoms with Crippen molar-refractivity contribution in [3.63, 3.8) is 0 Å². The van der Waals surface area contributed by atoms with Crippen LogP contribution in [0.3, 0.4) is 0 Å². The number of hydrogen-bond acceptors (Lipinski definition) is 4. The lowest BCUT2D eigenvalue weighted by molar-refractivity contribution is 0.0945. The van der Waals surface area contributed by atoms with Crippen LogP contribution in [-0.2, 0) is 0 Å². The Balaban J connectivity index is 1.79. The fourth-order valence-corrected chi connectivity index (χ4v) is 2.55. The number of para-hydroxylation sites is 1. The average molecular weight is 278 g/mol. The molecule has 2 rings (SSSR count). The number of amides is 1. The monoisotopic (exact) mass is 278 g/mol. The molecule has 20 heavy (non-hydrogen) atoms. The van der Waals surface area contributed by atoms with Gasteiger partial charge >= 0.3 is 0 Å². The van der Waals surface area contributed by atoms with E-state index in [1.54, 1.807) is 6.07 Å². The number of hydrogen-bond donors (Lipinski definition) is 3. The van der Waals surface area contributed by atoms with E-state index in [9.17, 15) is 15.0 Å². The Hall–Kier alpha value is -1.75. The van der Waals surface area contributed by atoms with Crippen LogP contribution in [0.2, 0.25) is 0 Å². The zero-order chi connectivity index (χ0) is 14.5. The van der Waals surface area contributed by atoms with E-state index in [0.717, 1.165) is 19.5 Å². The normalized spacial score (nSPS) is 17.1. The largest absolute Gasteiger partial charge is 0.504 e. The molecule has 0 unspecified atom stereocenters. The van der Waals surface area contributed by atoms with Crippen LogP contribution >= 0.6 is 0 Å². The first-order valence-corrected chi connectivity index (χ1v) is 7.05. The molecule has 1 amide bonds. The number of aromatic hydroxyl groups is 2. The molecule has 0 saturated carbocycles. The molecule has 110 valence electrons. The van der Waals surface area contributed by atoms with Crippen LogP contribution in [0.4, 0.5) is 0 Å². The molecule has 1 aromatic carbocycles. The van der Waals surface area contributed by atoms with E-state index in [2.05, 4.69) is 17.3 Å². The van der Waals surface area contributed by atoms with Crippen molar-refractivity contribution in [3.05, 3.63) is 23.8 Å². The summed E-state index contributed by atoms with van der Waals surface area (Å²) in [7, 11) is 2.13. The van der Waals surface area contributed by atoms with Crippen LogP contribution in [-0.4, -0.2) is 47.7 Å². The summed E-state index contributed by atoms with van der Waals surface area (Å²) in [6.45, 7) is 2.83. The molecule has 0 spiro atoms. The lowest BCUT2D eigenvalue weighted by Gasteiger charge is -2.28. The van der Waals surface area contributed by atoms with Crippen molar-refractivity contribution in [2.75, 3.05) is 26.7 Å². The van der Waals surface area contributed by atoms with Crippen LogP contribution in [0, 0.1) is 5.92 Å². The van der Waals surface area contributed by atoms with Crippen molar-refractivity contribution in [2.24, 2.45) is 5.92 Å². The summed E-state index contributed by atoms with van der Waals surface area (Å²) in [5.41, 5.74) is 0.119. The predicted molar refractivity (Wildman–Crippen MR) is 76.9 cm³/mol. The standard InChI is InChI=1S/C15H22N2O3/c1-17-9-6-11(7-10-17)5-8-16-15(20)12-3-2-4-13(18)14(12)19/h2-4,11,18-19H,5-10H2,1H3,(H,16,20). The fourth-order valence-electron chi connectivity index (χ4n) is 2.55. The highest BCUT2D eigenvalue weighted by Crippen LogP contribution is 2.28. The molecule has 5 nitrogen and oxygen atoms in total. The molecular weight excluding hydrogens is 256 g/mol. The molecule has 0 radical (unpaired) electrons. The molecule has 0 atom stereocenters. The molecule has 3 N–H and O–H groups in total. The van der Waals surface area contributed by atoms with E-state index in [1.807, 2.05) is 0 Å². The molecule has 0 aromatic heterocycles. The SMILES string of the molecule is CN1CCC(CCNC(=O)c2cccc(O)c2O)CC1. The van der Waals surface area contributed by atoms with Gasteiger partial charge in [-0.25, -0.2) is 0 Å². The van der Waals surface area contributed by atoms with Gasteiger partial charge in [-0.1, -0.05) is 6.07 Å². The Labute approximate surface area is 119 Å². The van der Waals surface area contributed by atoms with Gasteiger partial charge in [-0.2, -0.15) is 0 Å². The number of rotatable bonds is 4. The number of nitrogens with zero attached hydrogens (tertiary/aromatic N) is 1. The van der Waals surface area contributed by atoms with Gasteiger partial charge in [0.25, 0.3) is 5.91 Å². The number of benzene rings is 1. The second-order valence-corrected chi connectivity index (χ2v) is 5.46. The van der Waals surface area contributed by atoms with Crippen molar-refractivity contribution in [1.82, 2.24) is 10.2 Å². The summed E-state index contributed by atoms with van der Waals surface area (Å²) < 4.78 is 0. The molecule has 1 aliphatic heterocycles. The van der Waals surface area contributed by atoms with Gasteiger partial charge in [0, 0.05) is 6.54 Å². The topological polar surface area (TPSA) is 72.8 Å². The van der Waals surface area contributed by atoms with Crippen molar-refractivity contribution in [3.8, 4) is 11.5 Å². The summed E-state index contributed by atoms with van der Waals surface area (Å²) in [4.78, 5) is 14.2. The highest BCUT2D eigenvalue weighted by Gasteiger charge is 2.17. The third-order valence-corrected chi connectivity index (χ3v) is 3.94. The Morgan fingerprint density at radius 1 is 1.35 bits per heavy atom. The third kappa shape index (κ3) is 3.63. The first kappa shape index (κ1) is 14.7. The summed E-state index contributed by atoms with van der Waals surface area (Å²) in [6.07, 6.45) is 3.30. The number of phenols is 2. The van der Waals surface area contributed by atoms with Gasteiger partial charge in [0.1, 0.15) is 0 Å². The summed E-state index contributed by atoms with van der Waals surface area (Å²) in [5, 5.41) is 21.8. The van der Waals surface area contributed by atoms with Crippen molar-refractivity contribution >= 4 is 5.91 Å². The predicted octanol–water partition coefficient (Wildman–Crippen LogP) is 1.56. The van der Waals surface area contributed by atoms with E-state index < -0.39 is 0 Å². The first-order chi connectivity index (χ1) is 9.58. The van der Waals surface area contributed by atoms with Crippen LogP contribution in [0.1, 0.15) is 29.6 Å². The number of piperidine rings is 1. The van der Waals surface area contributed by atoms with E-state index in [4.69, 9.17) is 0 Å². The second kappa shape index (κ2) is 6.61. The number of carbonyl (C=O) groups excluding carboxylic acids is 1. The number of phenolic OH excluding ortho intramolecular Hbond substituents is 2. The zero-order valence-electron chi connectivity index (χ0n) is 11.8. The van der Waals surface area contributed by atoms with Gasteiger partial charge in [0.05, 0.1) is 5.56 Å². The lowest BCUT2D eigenvalue weighted by atomic mass is 9.94. The van der Waals surface area contributed by atoms with Crippen LogP contribution in [0.15, 0.2) is 18.2 Å². The maximum atomic E-state index is 11.9. The third-order valence-electron chi connectivity index (χ3n) is 3.94. The number of nitrogens with one attached hydrogen (secondary N) is 1. The second-order valence-electron chi connectivity index (χ2n) is 5.46. The molecule has 0 bridgehead atoms. The average Bonchev–Trinajstić information content (AvgIpc) is 2.44.